The fourth-order valence-corrected chi connectivity index (χ4v) is 3.26. The highest BCUT2D eigenvalue weighted by molar-refractivity contribution is 5.70. The number of rotatable bonds is 4. The molecule has 0 spiro atoms. The van der Waals surface area contributed by atoms with Gasteiger partial charge in [-0.2, -0.15) is 18.4 Å². The van der Waals surface area contributed by atoms with Crippen LogP contribution in [0.3, 0.4) is 0 Å². The van der Waals surface area contributed by atoms with Crippen molar-refractivity contribution >= 4 is 17.6 Å². The van der Waals surface area contributed by atoms with Crippen LogP contribution in [0, 0.1) is 17.2 Å². The molecule has 2 fully saturated rings. The molecule has 0 unspecified atom stereocenters. The third kappa shape index (κ3) is 3.28. The number of methoxy groups -OCH3 is 1. The van der Waals surface area contributed by atoms with Gasteiger partial charge >= 0.3 is 12.1 Å². The van der Waals surface area contributed by atoms with Crippen LogP contribution in [0.15, 0.2) is 6.07 Å². The van der Waals surface area contributed by atoms with Gasteiger partial charge in [-0.3, -0.25) is 4.79 Å². The third-order valence-electron chi connectivity index (χ3n) is 4.96. The monoisotopic (exact) mass is 368 g/mol. The molecule has 9 heteroatoms. The highest BCUT2D eigenvalue weighted by Gasteiger charge is 2.40. The minimum absolute atomic E-state index is 0.0283. The number of hydrogen-bond acceptors (Lipinski definition) is 6. The highest BCUT2D eigenvalue weighted by Crippen LogP contribution is 2.40. The standard InChI is InChI=1S/C17H19F3N4O2/c1-10-3-4-24(10)16-12(7-21)13(17(18,19)20)6-14(22-16)23-8-11(9-23)5-15(25)26-2/h6,10-11H,3-5,8-9H2,1-2H3/t10-/m0/s1. The summed E-state index contributed by atoms with van der Waals surface area (Å²) in [7, 11) is 1.30. The SMILES string of the molecule is COC(=O)CC1CN(c2cc(C(F)(F)F)c(C#N)c(N3CC[C@@H]3C)n2)C1. The molecule has 6 nitrogen and oxygen atoms in total. The van der Waals surface area contributed by atoms with Crippen LogP contribution in [-0.4, -0.2) is 43.7 Å². The predicted molar refractivity (Wildman–Crippen MR) is 87.7 cm³/mol. The van der Waals surface area contributed by atoms with Crippen molar-refractivity contribution in [3.63, 3.8) is 0 Å². The number of nitriles is 1. The van der Waals surface area contributed by atoms with Gasteiger partial charge in [0.1, 0.15) is 23.3 Å². The van der Waals surface area contributed by atoms with Gasteiger partial charge in [0.05, 0.1) is 19.1 Å². The lowest BCUT2D eigenvalue weighted by atomic mass is 9.95. The van der Waals surface area contributed by atoms with Crippen LogP contribution in [0.2, 0.25) is 0 Å². The van der Waals surface area contributed by atoms with Gasteiger partial charge in [-0.05, 0) is 19.4 Å². The van der Waals surface area contributed by atoms with Crippen LogP contribution in [0.1, 0.15) is 30.9 Å². The van der Waals surface area contributed by atoms with E-state index in [2.05, 4.69) is 9.72 Å². The van der Waals surface area contributed by atoms with E-state index in [1.54, 1.807) is 15.9 Å². The van der Waals surface area contributed by atoms with Crippen LogP contribution in [-0.2, 0) is 15.7 Å². The van der Waals surface area contributed by atoms with E-state index in [1.165, 1.54) is 7.11 Å². The lowest BCUT2D eigenvalue weighted by Crippen LogP contribution is -2.49. The van der Waals surface area contributed by atoms with Gasteiger partial charge in [0.15, 0.2) is 0 Å². The number of carbonyl (C=O) groups excluding carboxylic acids is 1. The Kier molecular flexibility index (Phi) is 4.69. The Balaban J connectivity index is 1.91. The molecule has 1 aromatic heterocycles. The van der Waals surface area contributed by atoms with Crippen LogP contribution >= 0.6 is 0 Å². The van der Waals surface area contributed by atoms with E-state index in [-0.39, 0.29) is 36.0 Å². The Labute approximate surface area is 149 Å². The van der Waals surface area contributed by atoms with Crippen LogP contribution in [0.5, 0.6) is 0 Å². The van der Waals surface area contributed by atoms with Crippen LogP contribution in [0.25, 0.3) is 0 Å². The highest BCUT2D eigenvalue weighted by atomic mass is 19.4. The molecule has 0 aromatic carbocycles. The number of esters is 1. The summed E-state index contributed by atoms with van der Waals surface area (Å²) in [6, 6.07) is 2.66. The molecule has 26 heavy (non-hydrogen) atoms. The van der Waals surface area contributed by atoms with Gasteiger partial charge in [-0.15, -0.1) is 0 Å². The van der Waals surface area contributed by atoms with Crippen molar-refractivity contribution in [3.05, 3.63) is 17.2 Å². The number of carbonyl (C=O) groups is 1. The lowest BCUT2D eigenvalue weighted by Gasteiger charge is -2.43. The molecule has 1 aromatic rings. The van der Waals surface area contributed by atoms with Crippen molar-refractivity contribution in [3.8, 4) is 6.07 Å². The number of halogens is 3. The van der Waals surface area contributed by atoms with E-state index in [1.807, 2.05) is 6.92 Å². The normalized spacial score (nSPS) is 20.2. The lowest BCUT2D eigenvalue weighted by molar-refractivity contribution is -0.142. The van der Waals surface area contributed by atoms with E-state index in [9.17, 15) is 23.2 Å². The molecule has 0 bridgehead atoms. The number of hydrogen-bond donors (Lipinski definition) is 0. The first-order valence-electron chi connectivity index (χ1n) is 8.35. The maximum atomic E-state index is 13.5. The molecule has 1 atom stereocenters. The van der Waals surface area contributed by atoms with Gasteiger partial charge in [-0.25, -0.2) is 4.98 Å². The molecule has 0 aliphatic carbocycles. The van der Waals surface area contributed by atoms with Gasteiger partial charge < -0.3 is 14.5 Å². The van der Waals surface area contributed by atoms with E-state index >= 15 is 0 Å². The first kappa shape index (κ1) is 18.3. The Morgan fingerprint density at radius 2 is 2.15 bits per heavy atom. The quantitative estimate of drug-likeness (QED) is 0.761. The molecule has 0 radical (unpaired) electrons. The molecule has 0 N–H and O–H groups in total. The first-order chi connectivity index (χ1) is 12.2. The van der Waals surface area contributed by atoms with Crippen molar-refractivity contribution < 1.29 is 22.7 Å². The summed E-state index contributed by atoms with van der Waals surface area (Å²) in [6.45, 7) is 3.33. The summed E-state index contributed by atoms with van der Waals surface area (Å²) >= 11 is 0. The zero-order valence-corrected chi connectivity index (χ0v) is 14.5. The van der Waals surface area contributed by atoms with E-state index in [0.29, 0.717) is 19.6 Å². The molecule has 0 saturated carbocycles. The van der Waals surface area contributed by atoms with Gasteiger partial charge in [-0.1, -0.05) is 0 Å². The Hall–Kier alpha value is -2.50. The zero-order chi connectivity index (χ0) is 19.1. The maximum Gasteiger partial charge on any atom is 0.417 e. The summed E-state index contributed by atoms with van der Waals surface area (Å²) in [5, 5.41) is 9.30. The summed E-state index contributed by atoms with van der Waals surface area (Å²) in [6.07, 6.45) is -3.56. The molecule has 2 aliphatic heterocycles. The van der Waals surface area contributed by atoms with Crippen molar-refractivity contribution in [2.75, 3.05) is 36.5 Å². The number of nitrogens with zero attached hydrogens (tertiary/aromatic N) is 4. The van der Waals surface area contributed by atoms with Gasteiger partial charge in [0, 0.05) is 31.6 Å². The average molecular weight is 368 g/mol. The molecule has 3 rings (SSSR count). The summed E-state index contributed by atoms with van der Waals surface area (Å²) in [5.41, 5.74) is -1.39. The number of ether oxygens (including phenoxy) is 1. The minimum Gasteiger partial charge on any atom is -0.469 e. The van der Waals surface area contributed by atoms with E-state index < -0.39 is 17.3 Å². The smallest absolute Gasteiger partial charge is 0.417 e. The van der Waals surface area contributed by atoms with Crippen molar-refractivity contribution in [1.82, 2.24) is 4.98 Å². The Morgan fingerprint density at radius 3 is 2.62 bits per heavy atom. The molecule has 2 saturated heterocycles. The number of aromatic nitrogens is 1. The number of anilines is 2. The molecule has 3 heterocycles. The molecular formula is C17H19F3N4O2. The summed E-state index contributed by atoms with van der Waals surface area (Å²) in [5.74, 6) is -0.0341. The van der Waals surface area contributed by atoms with Crippen molar-refractivity contribution in [2.24, 2.45) is 5.92 Å². The van der Waals surface area contributed by atoms with Crippen LogP contribution in [0.4, 0.5) is 24.8 Å². The zero-order valence-electron chi connectivity index (χ0n) is 14.5. The van der Waals surface area contributed by atoms with E-state index in [0.717, 1.165) is 12.5 Å². The number of alkyl halides is 3. The summed E-state index contributed by atoms with van der Waals surface area (Å²) in [4.78, 5) is 19.1. The molecule has 2 aliphatic rings. The molecule has 0 amide bonds. The average Bonchev–Trinajstić information content (AvgIpc) is 2.54. The minimum atomic E-state index is -4.64. The second-order valence-electron chi connectivity index (χ2n) is 6.72. The predicted octanol–water partition coefficient (Wildman–Crippen LogP) is 2.57. The topological polar surface area (TPSA) is 69.5 Å². The van der Waals surface area contributed by atoms with Crippen molar-refractivity contribution in [2.45, 2.75) is 32.0 Å². The second-order valence-corrected chi connectivity index (χ2v) is 6.72. The van der Waals surface area contributed by atoms with Gasteiger partial charge in [0.25, 0.3) is 0 Å². The number of pyridine rings is 1. The first-order valence-corrected chi connectivity index (χ1v) is 8.35. The maximum absolute atomic E-state index is 13.5. The second kappa shape index (κ2) is 6.67. The van der Waals surface area contributed by atoms with Crippen molar-refractivity contribution in [1.29, 1.82) is 5.26 Å². The van der Waals surface area contributed by atoms with Crippen LogP contribution < -0.4 is 9.80 Å². The van der Waals surface area contributed by atoms with Gasteiger partial charge in [0.2, 0.25) is 0 Å². The molecular weight excluding hydrogens is 349 g/mol. The fraction of sp³-hybridized carbons (Fsp3) is 0.588. The Morgan fingerprint density at radius 1 is 1.46 bits per heavy atom. The largest absolute Gasteiger partial charge is 0.469 e. The third-order valence-corrected chi connectivity index (χ3v) is 4.96. The molecule has 140 valence electrons. The van der Waals surface area contributed by atoms with E-state index in [4.69, 9.17) is 0 Å². The summed E-state index contributed by atoms with van der Waals surface area (Å²) < 4.78 is 45.1. The fourth-order valence-electron chi connectivity index (χ4n) is 3.26. The Bertz CT molecular complexity index is 754.